The van der Waals surface area contributed by atoms with Crippen LogP contribution in [0, 0.1) is 25.2 Å². The van der Waals surface area contributed by atoms with Gasteiger partial charge in [-0.25, -0.2) is 0 Å². The summed E-state index contributed by atoms with van der Waals surface area (Å²) in [6.45, 7) is 8.33. The summed E-state index contributed by atoms with van der Waals surface area (Å²) in [6, 6.07) is 6.22. The van der Waals surface area contributed by atoms with E-state index in [9.17, 15) is 10.2 Å². The van der Waals surface area contributed by atoms with Gasteiger partial charge < -0.3 is 10.2 Å². The van der Waals surface area contributed by atoms with Gasteiger partial charge in [0.05, 0.1) is 13.2 Å². The predicted octanol–water partition coefficient (Wildman–Crippen LogP) is 2.47. The van der Waals surface area contributed by atoms with Crippen molar-refractivity contribution in [2.24, 2.45) is 11.3 Å². The predicted molar refractivity (Wildman–Crippen MR) is 71.1 cm³/mol. The molecule has 0 radical (unpaired) electrons. The lowest BCUT2D eigenvalue weighted by molar-refractivity contribution is 0.0161. The highest BCUT2D eigenvalue weighted by molar-refractivity contribution is 5.34. The Hall–Kier alpha value is -0.860. The summed E-state index contributed by atoms with van der Waals surface area (Å²) < 4.78 is 0. The first kappa shape index (κ1) is 14.2. The first-order chi connectivity index (χ1) is 7.96. The van der Waals surface area contributed by atoms with Gasteiger partial charge in [0.2, 0.25) is 0 Å². The topological polar surface area (TPSA) is 40.5 Å². The molecule has 1 aromatic rings. The summed E-state index contributed by atoms with van der Waals surface area (Å²) in [5, 5.41) is 19.3. The van der Waals surface area contributed by atoms with Crippen LogP contribution in [0.2, 0.25) is 0 Å². The maximum absolute atomic E-state index is 9.63. The van der Waals surface area contributed by atoms with Crippen molar-refractivity contribution < 1.29 is 10.2 Å². The van der Waals surface area contributed by atoms with E-state index >= 15 is 0 Å². The van der Waals surface area contributed by atoms with Gasteiger partial charge in [0.25, 0.3) is 0 Å². The van der Waals surface area contributed by atoms with Crippen LogP contribution in [-0.2, 0) is 6.42 Å². The molecule has 2 heteroatoms. The van der Waals surface area contributed by atoms with E-state index in [1.165, 1.54) is 16.7 Å². The van der Waals surface area contributed by atoms with Gasteiger partial charge >= 0.3 is 0 Å². The monoisotopic (exact) mass is 236 g/mol. The van der Waals surface area contributed by atoms with Crippen molar-refractivity contribution >= 4 is 0 Å². The van der Waals surface area contributed by atoms with Crippen molar-refractivity contribution in [3.8, 4) is 0 Å². The Labute approximate surface area is 104 Å². The molecule has 0 aromatic heterocycles. The van der Waals surface area contributed by atoms with Gasteiger partial charge in [0.15, 0.2) is 0 Å². The molecule has 2 N–H and O–H groups in total. The van der Waals surface area contributed by atoms with Crippen LogP contribution in [0.5, 0.6) is 0 Å². The number of benzene rings is 1. The Morgan fingerprint density at radius 2 is 1.53 bits per heavy atom. The maximum Gasteiger partial charge on any atom is 0.0515 e. The van der Waals surface area contributed by atoms with Crippen LogP contribution >= 0.6 is 0 Å². The van der Waals surface area contributed by atoms with Gasteiger partial charge in [-0.15, -0.1) is 0 Å². The second-order valence-electron chi connectivity index (χ2n) is 5.38. The highest BCUT2D eigenvalue weighted by Gasteiger charge is 2.33. The van der Waals surface area contributed by atoms with Crippen LogP contribution in [0.25, 0.3) is 0 Å². The number of hydrogen-bond donors (Lipinski definition) is 2. The van der Waals surface area contributed by atoms with Crippen LogP contribution in [0.15, 0.2) is 18.2 Å². The Morgan fingerprint density at radius 3 is 1.88 bits per heavy atom. The Balaban J connectivity index is 3.10. The second-order valence-corrected chi connectivity index (χ2v) is 5.38. The number of aliphatic hydroxyl groups is 2. The minimum atomic E-state index is -0.420. The Kier molecular flexibility index (Phi) is 4.72. The van der Waals surface area contributed by atoms with E-state index in [1.54, 1.807) is 0 Å². The third kappa shape index (κ3) is 2.88. The van der Waals surface area contributed by atoms with E-state index in [0.29, 0.717) is 0 Å². The molecular formula is C15H24O2. The molecule has 17 heavy (non-hydrogen) atoms. The van der Waals surface area contributed by atoms with Crippen LogP contribution < -0.4 is 0 Å². The van der Waals surface area contributed by atoms with Crippen LogP contribution in [-0.4, -0.2) is 23.4 Å². The molecule has 0 amide bonds. The highest BCUT2D eigenvalue weighted by atomic mass is 16.3. The van der Waals surface area contributed by atoms with E-state index in [1.807, 2.05) is 6.07 Å². The maximum atomic E-state index is 9.63. The van der Waals surface area contributed by atoms with Crippen molar-refractivity contribution in [1.82, 2.24) is 0 Å². The van der Waals surface area contributed by atoms with Gasteiger partial charge in [-0.3, -0.25) is 0 Å². The molecule has 96 valence electrons. The Morgan fingerprint density at radius 1 is 1.06 bits per heavy atom. The molecule has 2 nitrogen and oxygen atoms in total. The summed E-state index contributed by atoms with van der Waals surface area (Å²) >= 11 is 0. The SMILES string of the molecule is Cc1cccc(C)c1CC(CO)(CO)C(C)C. The summed E-state index contributed by atoms with van der Waals surface area (Å²) in [5.41, 5.74) is 3.30. The normalized spacial score (nSPS) is 12.2. The van der Waals surface area contributed by atoms with Gasteiger partial charge in [0.1, 0.15) is 0 Å². The molecule has 0 unspecified atom stereocenters. The number of hydrogen-bond acceptors (Lipinski definition) is 2. The molecule has 0 bridgehead atoms. The molecule has 0 heterocycles. The number of aliphatic hydroxyl groups excluding tert-OH is 2. The first-order valence-electron chi connectivity index (χ1n) is 6.23. The fraction of sp³-hybridized carbons (Fsp3) is 0.600. The van der Waals surface area contributed by atoms with Gasteiger partial charge in [0, 0.05) is 5.41 Å². The molecule has 0 saturated carbocycles. The summed E-state index contributed by atoms with van der Waals surface area (Å²) in [6.07, 6.45) is 0.732. The molecule has 0 saturated heterocycles. The van der Waals surface area contributed by atoms with E-state index in [4.69, 9.17) is 0 Å². The van der Waals surface area contributed by atoms with Crippen molar-refractivity contribution in [2.75, 3.05) is 13.2 Å². The standard InChI is InChI=1S/C15H24O2/c1-11(2)15(9-16,10-17)8-14-12(3)6-5-7-13(14)4/h5-7,11,16-17H,8-10H2,1-4H3. The lowest BCUT2D eigenvalue weighted by Gasteiger charge is -2.35. The zero-order valence-electron chi connectivity index (χ0n) is 11.3. The van der Waals surface area contributed by atoms with E-state index in [-0.39, 0.29) is 19.1 Å². The third-order valence-corrected chi connectivity index (χ3v) is 4.03. The zero-order valence-corrected chi connectivity index (χ0v) is 11.3. The van der Waals surface area contributed by atoms with E-state index < -0.39 is 5.41 Å². The second kappa shape index (κ2) is 5.65. The van der Waals surface area contributed by atoms with Crippen molar-refractivity contribution in [1.29, 1.82) is 0 Å². The minimum absolute atomic E-state index is 0.0228. The summed E-state index contributed by atoms with van der Waals surface area (Å²) in [4.78, 5) is 0. The van der Waals surface area contributed by atoms with Crippen molar-refractivity contribution in [2.45, 2.75) is 34.1 Å². The van der Waals surface area contributed by atoms with E-state index in [0.717, 1.165) is 6.42 Å². The smallest absolute Gasteiger partial charge is 0.0515 e. The molecule has 0 atom stereocenters. The molecule has 0 fully saturated rings. The van der Waals surface area contributed by atoms with Gasteiger partial charge in [-0.2, -0.15) is 0 Å². The average Bonchev–Trinajstić information content (AvgIpc) is 2.29. The zero-order chi connectivity index (χ0) is 13.1. The van der Waals surface area contributed by atoms with Gasteiger partial charge in [-0.1, -0.05) is 32.0 Å². The molecular weight excluding hydrogens is 212 g/mol. The molecule has 1 rings (SSSR count). The molecule has 0 aliphatic rings. The van der Waals surface area contributed by atoms with Crippen LogP contribution in [0.3, 0.4) is 0 Å². The molecule has 0 aliphatic heterocycles. The number of rotatable bonds is 5. The number of aryl methyl sites for hydroxylation is 2. The fourth-order valence-corrected chi connectivity index (χ4v) is 2.21. The largest absolute Gasteiger partial charge is 0.396 e. The lowest BCUT2D eigenvalue weighted by atomic mass is 9.72. The Bertz CT molecular complexity index is 345. The van der Waals surface area contributed by atoms with Crippen molar-refractivity contribution in [3.05, 3.63) is 34.9 Å². The van der Waals surface area contributed by atoms with Crippen LogP contribution in [0.1, 0.15) is 30.5 Å². The fourth-order valence-electron chi connectivity index (χ4n) is 2.21. The van der Waals surface area contributed by atoms with E-state index in [2.05, 4.69) is 39.8 Å². The summed E-state index contributed by atoms with van der Waals surface area (Å²) in [7, 11) is 0. The quantitative estimate of drug-likeness (QED) is 0.824. The third-order valence-electron chi connectivity index (χ3n) is 4.03. The van der Waals surface area contributed by atoms with Crippen LogP contribution in [0.4, 0.5) is 0 Å². The average molecular weight is 236 g/mol. The van der Waals surface area contributed by atoms with Gasteiger partial charge in [-0.05, 0) is 42.9 Å². The lowest BCUT2D eigenvalue weighted by Crippen LogP contribution is -2.38. The first-order valence-corrected chi connectivity index (χ1v) is 6.23. The van der Waals surface area contributed by atoms with Crippen molar-refractivity contribution in [3.63, 3.8) is 0 Å². The molecule has 0 spiro atoms. The highest BCUT2D eigenvalue weighted by Crippen LogP contribution is 2.33. The minimum Gasteiger partial charge on any atom is -0.396 e. The molecule has 1 aromatic carbocycles. The summed E-state index contributed by atoms with van der Waals surface area (Å²) in [5.74, 6) is 0.247. The molecule has 0 aliphatic carbocycles.